The molecule has 0 unspecified atom stereocenters. The molecule has 138 valence electrons. The first kappa shape index (κ1) is 18.3. The first-order valence-corrected chi connectivity index (χ1v) is 9.50. The molecule has 5 heteroatoms. The predicted octanol–water partition coefficient (Wildman–Crippen LogP) is 2.38. The zero-order valence-corrected chi connectivity index (χ0v) is 15.4. The molecular formula is C20H30FN3O. The zero-order chi connectivity index (χ0) is 17.8. The molecule has 2 fully saturated rings. The smallest absolute Gasteiger partial charge is 0.223 e. The maximum absolute atomic E-state index is 14.1. The number of carbonyl (C=O) groups excluding carboxylic acids is 1. The average Bonchev–Trinajstić information content (AvgIpc) is 3.08. The quantitative estimate of drug-likeness (QED) is 0.860. The summed E-state index contributed by atoms with van der Waals surface area (Å²) in [6, 6.07) is 3.91. The van der Waals surface area contributed by atoms with Gasteiger partial charge in [0.2, 0.25) is 5.91 Å². The molecule has 0 bridgehead atoms. The van der Waals surface area contributed by atoms with E-state index < -0.39 is 0 Å². The molecule has 4 nitrogen and oxygen atoms in total. The summed E-state index contributed by atoms with van der Waals surface area (Å²) in [5, 5.41) is 6.45. The van der Waals surface area contributed by atoms with E-state index in [1.54, 1.807) is 0 Å². The van der Waals surface area contributed by atoms with Gasteiger partial charge in [-0.2, -0.15) is 0 Å². The second-order valence-electron chi connectivity index (χ2n) is 7.64. The molecule has 0 aromatic heterocycles. The van der Waals surface area contributed by atoms with E-state index in [4.69, 9.17) is 0 Å². The van der Waals surface area contributed by atoms with Gasteiger partial charge >= 0.3 is 0 Å². The number of rotatable bonds is 5. The van der Waals surface area contributed by atoms with Crippen molar-refractivity contribution >= 4 is 5.91 Å². The van der Waals surface area contributed by atoms with Crippen LogP contribution in [0.25, 0.3) is 0 Å². The SMILES string of the molecule is Cc1ccc(CN2CC[C@@H](CNC(=O)C3CCNCC3)C2)c(C)c1F. The number of carbonyl (C=O) groups is 1. The van der Waals surface area contributed by atoms with Crippen LogP contribution < -0.4 is 10.6 Å². The molecule has 2 saturated heterocycles. The van der Waals surface area contributed by atoms with Crippen molar-refractivity contribution in [2.24, 2.45) is 11.8 Å². The minimum Gasteiger partial charge on any atom is -0.356 e. The molecule has 0 saturated carbocycles. The van der Waals surface area contributed by atoms with Gasteiger partial charge in [0.1, 0.15) is 5.82 Å². The second kappa shape index (κ2) is 8.28. The molecule has 1 aromatic rings. The third kappa shape index (κ3) is 4.59. The number of hydrogen-bond acceptors (Lipinski definition) is 3. The van der Waals surface area contributed by atoms with Crippen molar-refractivity contribution in [3.63, 3.8) is 0 Å². The fraction of sp³-hybridized carbons (Fsp3) is 0.650. The summed E-state index contributed by atoms with van der Waals surface area (Å²) in [4.78, 5) is 14.6. The Hall–Kier alpha value is -1.46. The maximum atomic E-state index is 14.1. The molecule has 2 aliphatic heterocycles. The highest BCUT2D eigenvalue weighted by Crippen LogP contribution is 2.22. The van der Waals surface area contributed by atoms with Crippen molar-refractivity contribution in [2.45, 2.75) is 39.7 Å². The Morgan fingerprint density at radius 3 is 2.80 bits per heavy atom. The fourth-order valence-corrected chi connectivity index (χ4v) is 3.97. The lowest BCUT2D eigenvalue weighted by atomic mass is 9.97. The van der Waals surface area contributed by atoms with E-state index in [0.717, 1.165) is 69.7 Å². The minimum atomic E-state index is -0.0810. The minimum absolute atomic E-state index is 0.0810. The molecule has 0 aliphatic carbocycles. The van der Waals surface area contributed by atoms with E-state index in [1.165, 1.54) is 0 Å². The number of nitrogens with zero attached hydrogens (tertiary/aromatic N) is 1. The summed E-state index contributed by atoms with van der Waals surface area (Å²) in [6.45, 7) is 9.11. The van der Waals surface area contributed by atoms with Gasteiger partial charge in [-0.05, 0) is 75.4 Å². The number of hydrogen-bond donors (Lipinski definition) is 2. The van der Waals surface area contributed by atoms with Crippen LogP contribution in [-0.4, -0.2) is 43.5 Å². The van der Waals surface area contributed by atoms with Crippen LogP contribution in [0.5, 0.6) is 0 Å². The Balaban J connectivity index is 1.46. The van der Waals surface area contributed by atoms with Crippen molar-refractivity contribution in [3.05, 3.63) is 34.6 Å². The number of halogens is 1. The van der Waals surface area contributed by atoms with Crippen LogP contribution in [0.2, 0.25) is 0 Å². The summed E-state index contributed by atoms with van der Waals surface area (Å²) in [7, 11) is 0. The molecule has 3 rings (SSSR count). The van der Waals surface area contributed by atoms with Crippen molar-refractivity contribution in [2.75, 3.05) is 32.7 Å². The van der Waals surface area contributed by atoms with Crippen LogP contribution in [0.15, 0.2) is 12.1 Å². The predicted molar refractivity (Wildman–Crippen MR) is 97.9 cm³/mol. The number of benzene rings is 1. The van der Waals surface area contributed by atoms with Gasteiger partial charge in [0.15, 0.2) is 0 Å². The number of nitrogens with one attached hydrogen (secondary N) is 2. The van der Waals surface area contributed by atoms with Crippen LogP contribution in [0.1, 0.15) is 36.0 Å². The zero-order valence-electron chi connectivity index (χ0n) is 15.4. The fourth-order valence-electron chi connectivity index (χ4n) is 3.97. The maximum Gasteiger partial charge on any atom is 0.223 e. The van der Waals surface area contributed by atoms with E-state index in [-0.39, 0.29) is 17.6 Å². The van der Waals surface area contributed by atoms with Crippen LogP contribution in [0.3, 0.4) is 0 Å². The molecule has 0 radical (unpaired) electrons. The van der Waals surface area contributed by atoms with Crippen molar-refractivity contribution < 1.29 is 9.18 Å². The summed E-state index contributed by atoms with van der Waals surface area (Å²) in [5.41, 5.74) is 2.55. The lowest BCUT2D eigenvalue weighted by Gasteiger charge is -2.23. The Kier molecular flexibility index (Phi) is 6.07. The van der Waals surface area contributed by atoms with Crippen molar-refractivity contribution in [1.82, 2.24) is 15.5 Å². The van der Waals surface area contributed by atoms with Crippen LogP contribution >= 0.6 is 0 Å². The molecule has 1 atom stereocenters. The van der Waals surface area contributed by atoms with Gasteiger partial charge in [-0.3, -0.25) is 9.69 Å². The van der Waals surface area contributed by atoms with Gasteiger partial charge in [-0.25, -0.2) is 4.39 Å². The third-order valence-electron chi connectivity index (χ3n) is 5.73. The first-order chi connectivity index (χ1) is 12.0. The summed E-state index contributed by atoms with van der Waals surface area (Å²) in [6.07, 6.45) is 2.99. The Bertz CT molecular complexity index is 613. The standard InChI is InChI=1S/C20H30FN3O/c1-14-3-4-18(15(2)19(14)21)13-24-10-7-16(12-24)11-23-20(25)17-5-8-22-9-6-17/h3-4,16-17,22H,5-13H2,1-2H3,(H,23,25)/t16-/m0/s1. The topological polar surface area (TPSA) is 44.4 Å². The highest BCUT2D eigenvalue weighted by molar-refractivity contribution is 5.78. The monoisotopic (exact) mass is 347 g/mol. The third-order valence-corrected chi connectivity index (χ3v) is 5.73. The molecule has 25 heavy (non-hydrogen) atoms. The number of aryl methyl sites for hydroxylation is 1. The van der Waals surface area contributed by atoms with Gasteiger partial charge in [-0.1, -0.05) is 12.1 Å². The highest BCUT2D eigenvalue weighted by atomic mass is 19.1. The number of likely N-dealkylation sites (tertiary alicyclic amines) is 1. The molecule has 2 heterocycles. The molecular weight excluding hydrogens is 317 g/mol. The van der Waals surface area contributed by atoms with E-state index in [9.17, 15) is 9.18 Å². The van der Waals surface area contributed by atoms with Gasteiger partial charge in [0.25, 0.3) is 0 Å². The first-order valence-electron chi connectivity index (χ1n) is 9.50. The molecule has 2 N–H and O–H groups in total. The lowest BCUT2D eigenvalue weighted by molar-refractivity contribution is -0.125. The summed E-state index contributed by atoms with van der Waals surface area (Å²) in [5.74, 6) is 0.817. The van der Waals surface area contributed by atoms with Gasteiger partial charge in [-0.15, -0.1) is 0 Å². The highest BCUT2D eigenvalue weighted by Gasteiger charge is 2.26. The molecule has 1 aromatic carbocycles. The number of amides is 1. The normalized spacial score (nSPS) is 22.3. The van der Waals surface area contributed by atoms with E-state index in [1.807, 2.05) is 26.0 Å². The average molecular weight is 347 g/mol. The van der Waals surface area contributed by atoms with E-state index >= 15 is 0 Å². The Morgan fingerprint density at radius 2 is 2.04 bits per heavy atom. The Morgan fingerprint density at radius 1 is 1.28 bits per heavy atom. The largest absolute Gasteiger partial charge is 0.356 e. The Labute approximate surface area is 150 Å². The van der Waals surface area contributed by atoms with Gasteiger partial charge in [0.05, 0.1) is 0 Å². The molecule has 2 aliphatic rings. The molecule has 0 spiro atoms. The van der Waals surface area contributed by atoms with E-state index in [2.05, 4.69) is 15.5 Å². The summed E-state index contributed by atoms with van der Waals surface area (Å²) < 4.78 is 14.1. The lowest BCUT2D eigenvalue weighted by Crippen LogP contribution is -2.40. The summed E-state index contributed by atoms with van der Waals surface area (Å²) >= 11 is 0. The van der Waals surface area contributed by atoms with Crippen LogP contribution in [0, 0.1) is 31.5 Å². The van der Waals surface area contributed by atoms with Crippen LogP contribution in [-0.2, 0) is 11.3 Å². The van der Waals surface area contributed by atoms with Crippen LogP contribution in [0.4, 0.5) is 4.39 Å². The number of piperidine rings is 1. The van der Waals surface area contributed by atoms with Gasteiger partial charge in [0, 0.05) is 25.6 Å². The van der Waals surface area contributed by atoms with Crippen molar-refractivity contribution in [1.29, 1.82) is 0 Å². The second-order valence-corrected chi connectivity index (χ2v) is 7.64. The van der Waals surface area contributed by atoms with E-state index in [0.29, 0.717) is 11.5 Å². The molecule has 1 amide bonds. The van der Waals surface area contributed by atoms with Gasteiger partial charge < -0.3 is 10.6 Å². The van der Waals surface area contributed by atoms with Crippen molar-refractivity contribution in [3.8, 4) is 0 Å².